The molecule has 2 aromatic rings. The van der Waals surface area contributed by atoms with Crippen LogP contribution in [0, 0.1) is 11.6 Å². The normalized spacial score (nSPS) is 15.6. The number of ether oxygens (including phenoxy) is 1. The van der Waals surface area contributed by atoms with E-state index in [4.69, 9.17) is 9.84 Å². The zero-order valence-electron chi connectivity index (χ0n) is 15.4. The highest BCUT2D eigenvalue weighted by Gasteiger charge is 2.19. The Morgan fingerprint density at radius 2 is 1.83 bits per heavy atom. The first-order chi connectivity index (χ1) is 13.8. The van der Waals surface area contributed by atoms with Crippen molar-refractivity contribution >= 4 is 11.9 Å². The molecule has 1 saturated heterocycles. The summed E-state index contributed by atoms with van der Waals surface area (Å²) in [4.78, 5) is 24.3. The molecular formula is C20H20F2N2O5. The number of β-amino-alcohol motifs (C(OH)–C–C–N with tert-alkyl or cyclic N) is 1. The van der Waals surface area contributed by atoms with E-state index < -0.39 is 23.7 Å². The highest BCUT2D eigenvalue weighted by atomic mass is 19.1. The summed E-state index contributed by atoms with van der Waals surface area (Å²) in [5, 5.41) is 21.9. The maximum absolute atomic E-state index is 14.0. The summed E-state index contributed by atoms with van der Waals surface area (Å²) in [6, 6.07) is 6.89. The molecule has 9 heteroatoms. The molecule has 29 heavy (non-hydrogen) atoms. The van der Waals surface area contributed by atoms with Crippen LogP contribution in [0.15, 0.2) is 36.4 Å². The first kappa shape index (κ1) is 20.7. The van der Waals surface area contributed by atoms with E-state index in [0.717, 1.165) is 24.3 Å². The van der Waals surface area contributed by atoms with Gasteiger partial charge in [-0.1, -0.05) is 0 Å². The van der Waals surface area contributed by atoms with Crippen molar-refractivity contribution in [1.82, 2.24) is 10.2 Å². The molecule has 1 aliphatic rings. The third kappa shape index (κ3) is 5.72. The zero-order chi connectivity index (χ0) is 21.0. The Morgan fingerprint density at radius 3 is 2.52 bits per heavy atom. The van der Waals surface area contributed by atoms with Crippen LogP contribution in [-0.4, -0.2) is 65.9 Å². The number of carboxylic acid groups (broad SMARTS) is 1. The van der Waals surface area contributed by atoms with Crippen LogP contribution in [0.1, 0.15) is 10.4 Å². The van der Waals surface area contributed by atoms with Gasteiger partial charge in [0, 0.05) is 25.7 Å². The quantitative estimate of drug-likeness (QED) is 0.645. The standard InChI is InChI=1S/C20H20F2N2O5/c21-15-4-12(3-14(6-15)20(27)28)13-5-16(22)8-18(7-13)29-11-17(25)9-24-2-1-23-19(26)10-24/h3-8,17,25H,1-2,9-11H2,(H,23,26)(H,27,28). The molecule has 0 saturated carbocycles. The molecule has 3 N–H and O–H groups in total. The van der Waals surface area contributed by atoms with E-state index in [2.05, 4.69) is 5.32 Å². The number of nitrogens with zero attached hydrogens (tertiary/aromatic N) is 1. The van der Waals surface area contributed by atoms with Crippen molar-refractivity contribution in [3.05, 3.63) is 53.6 Å². The number of nitrogens with one attached hydrogen (secondary N) is 1. The Labute approximate surface area is 165 Å². The van der Waals surface area contributed by atoms with Gasteiger partial charge < -0.3 is 20.3 Å². The molecule has 0 radical (unpaired) electrons. The van der Waals surface area contributed by atoms with Crippen molar-refractivity contribution in [3.63, 3.8) is 0 Å². The number of carbonyl (C=O) groups excluding carboxylic acids is 1. The number of rotatable bonds is 7. The number of hydrogen-bond acceptors (Lipinski definition) is 5. The lowest BCUT2D eigenvalue weighted by Crippen LogP contribution is -2.50. The molecule has 0 bridgehead atoms. The number of hydrogen-bond donors (Lipinski definition) is 3. The second kappa shape index (κ2) is 8.97. The zero-order valence-corrected chi connectivity index (χ0v) is 15.4. The molecular weight excluding hydrogens is 386 g/mol. The van der Waals surface area contributed by atoms with Gasteiger partial charge >= 0.3 is 5.97 Å². The average molecular weight is 406 g/mol. The van der Waals surface area contributed by atoms with Crippen molar-refractivity contribution in [2.24, 2.45) is 0 Å². The molecule has 3 rings (SSSR count). The summed E-state index contributed by atoms with van der Waals surface area (Å²) in [6.07, 6.45) is -0.902. The van der Waals surface area contributed by atoms with Gasteiger partial charge in [0.05, 0.1) is 12.1 Å². The molecule has 1 amide bonds. The Balaban J connectivity index is 1.69. The number of piperazine rings is 1. The Morgan fingerprint density at radius 1 is 1.14 bits per heavy atom. The highest BCUT2D eigenvalue weighted by Crippen LogP contribution is 2.27. The van der Waals surface area contributed by atoms with Gasteiger partial charge in [0.25, 0.3) is 0 Å². The predicted molar refractivity (Wildman–Crippen MR) is 99.7 cm³/mol. The fourth-order valence-electron chi connectivity index (χ4n) is 3.08. The van der Waals surface area contributed by atoms with Crippen molar-refractivity contribution in [2.45, 2.75) is 6.10 Å². The minimum atomic E-state index is -1.30. The van der Waals surface area contributed by atoms with Gasteiger partial charge in [-0.05, 0) is 41.5 Å². The lowest BCUT2D eigenvalue weighted by atomic mass is 10.0. The number of aromatic carboxylic acids is 1. The fourth-order valence-corrected chi connectivity index (χ4v) is 3.08. The van der Waals surface area contributed by atoms with Crippen LogP contribution in [0.25, 0.3) is 11.1 Å². The molecule has 1 atom stereocenters. The lowest BCUT2D eigenvalue weighted by molar-refractivity contribution is -0.124. The minimum absolute atomic E-state index is 0.108. The number of carbonyl (C=O) groups is 2. The molecule has 0 aromatic heterocycles. The monoisotopic (exact) mass is 406 g/mol. The third-order valence-corrected chi connectivity index (χ3v) is 4.38. The first-order valence-corrected chi connectivity index (χ1v) is 8.95. The second-order valence-corrected chi connectivity index (χ2v) is 6.76. The SMILES string of the molecule is O=C1CN(CC(O)COc2cc(F)cc(-c3cc(F)cc(C(=O)O)c3)c2)CCN1. The summed E-state index contributed by atoms with van der Waals surface area (Å²) in [5.41, 5.74) is 0.170. The molecule has 1 heterocycles. The molecule has 0 spiro atoms. The van der Waals surface area contributed by atoms with Crippen LogP contribution in [0.3, 0.4) is 0 Å². The number of benzene rings is 2. The molecule has 154 valence electrons. The number of aliphatic hydroxyl groups excluding tert-OH is 1. The van der Waals surface area contributed by atoms with Crippen LogP contribution in [0.4, 0.5) is 8.78 Å². The molecule has 7 nitrogen and oxygen atoms in total. The van der Waals surface area contributed by atoms with Crippen LogP contribution in [-0.2, 0) is 4.79 Å². The van der Waals surface area contributed by atoms with E-state index in [1.165, 1.54) is 12.1 Å². The molecule has 2 aromatic carbocycles. The number of aliphatic hydroxyl groups is 1. The van der Waals surface area contributed by atoms with E-state index in [1.807, 2.05) is 0 Å². The van der Waals surface area contributed by atoms with Gasteiger partial charge in [-0.25, -0.2) is 13.6 Å². The average Bonchev–Trinajstić information content (AvgIpc) is 2.65. The largest absolute Gasteiger partial charge is 0.491 e. The third-order valence-electron chi connectivity index (χ3n) is 4.38. The summed E-state index contributed by atoms with van der Waals surface area (Å²) in [7, 11) is 0. The number of halogens is 2. The fraction of sp³-hybridized carbons (Fsp3) is 0.300. The summed E-state index contributed by atoms with van der Waals surface area (Å²) >= 11 is 0. The Bertz CT molecular complexity index is 922. The first-order valence-electron chi connectivity index (χ1n) is 8.95. The van der Waals surface area contributed by atoms with Crippen molar-refractivity contribution in [1.29, 1.82) is 0 Å². The van der Waals surface area contributed by atoms with Gasteiger partial charge in [0.1, 0.15) is 30.1 Å². The van der Waals surface area contributed by atoms with Gasteiger partial charge in [-0.2, -0.15) is 0 Å². The van der Waals surface area contributed by atoms with E-state index in [9.17, 15) is 23.5 Å². The van der Waals surface area contributed by atoms with E-state index in [1.54, 1.807) is 4.90 Å². The smallest absolute Gasteiger partial charge is 0.335 e. The number of amides is 1. The van der Waals surface area contributed by atoms with E-state index in [0.29, 0.717) is 13.1 Å². The summed E-state index contributed by atoms with van der Waals surface area (Å²) in [5.74, 6) is -2.71. The minimum Gasteiger partial charge on any atom is -0.491 e. The maximum Gasteiger partial charge on any atom is 0.335 e. The molecule has 0 aliphatic carbocycles. The topological polar surface area (TPSA) is 99.1 Å². The van der Waals surface area contributed by atoms with Gasteiger partial charge in [0.15, 0.2) is 0 Å². The molecule has 1 aliphatic heterocycles. The van der Waals surface area contributed by atoms with Crippen LogP contribution >= 0.6 is 0 Å². The van der Waals surface area contributed by atoms with Crippen LogP contribution in [0.5, 0.6) is 5.75 Å². The van der Waals surface area contributed by atoms with Crippen LogP contribution in [0.2, 0.25) is 0 Å². The van der Waals surface area contributed by atoms with Crippen molar-refractivity contribution in [2.75, 3.05) is 32.8 Å². The lowest BCUT2D eigenvalue weighted by Gasteiger charge is -2.28. The van der Waals surface area contributed by atoms with Gasteiger partial charge in [-0.3, -0.25) is 9.69 Å². The van der Waals surface area contributed by atoms with Crippen molar-refractivity contribution < 1.29 is 33.3 Å². The van der Waals surface area contributed by atoms with Gasteiger partial charge in [-0.15, -0.1) is 0 Å². The van der Waals surface area contributed by atoms with E-state index >= 15 is 0 Å². The highest BCUT2D eigenvalue weighted by molar-refractivity contribution is 5.89. The Hall–Kier alpha value is -3.04. The van der Waals surface area contributed by atoms with Gasteiger partial charge in [0.2, 0.25) is 5.91 Å². The Kier molecular flexibility index (Phi) is 6.40. The maximum atomic E-state index is 14.0. The summed E-state index contributed by atoms with van der Waals surface area (Å²) < 4.78 is 33.2. The second-order valence-electron chi connectivity index (χ2n) is 6.76. The van der Waals surface area contributed by atoms with E-state index in [-0.39, 0.29) is 48.0 Å². The van der Waals surface area contributed by atoms with Crippen LogP contribution < -0.4 is 10.1 Å². The molecule has 1 fully saturated rings. The predicted octanol–water partition coefficient (Wildman–Crippen LogP) is 1.50. The molecule has 1 unspecified atom stereocenters. The number of carboxylic acids is 1. The van der Waals surface area contributed by atoms with Crippen molar-refractivity contribution in [3.8, 4) is 16.9 Å². The summed E-state index contributed by atoms with van der Waals surface area (Å²) in [6.45, 7) is 1.39.